The standard InChI is InChI=1S/C13H24N2S/c1-6-8-12(7-2)14-9(3)13-10(4)16-11(5)15-13/h9,12,14H,6-8H2,1-5H3. The number of thiazole rings is 1. The maximum atomic E-state index is 4.61. The number of aryl methyl sites for hydroxylation is 2. The molecule has 0 radical (unpaired) electrons. The van der Waals surface area contributed by atoms with Crippen LogP contribution in [0.5, 0.6) is 0 Å². The molecule has 0 fully saturated rings. The fourth-order valence-corrected chi connectivity index (χ4v) is 3.05. The summed E-state index contributed by atoms with van der Waals surface area (Å²) < 4.78 is 0. The number of aromatic nitrogens is 1. The molecule has 0 saturated carbocycles. The highest BCUT2D eigenvalue weighted by atomic mass is 32.1. The second-order valence-corrected chi connectivity index (χ2v) is 5.86. The zero-order chi connectivity index (χ0) is 12.1. The van der Waals surface area contributed by atoms with Gasteiger partial charge in [0.2, 0.25) is 0 Å². The Kier molecular flexibility index (Phi) is 5.42. The van der Waals surface area contributed by atoms with E-state index in [1.807, 2.05) is 0 Å². The van der Waals surface area contributed by atoms with Gasteiger partial charge in [0.15, 0.2) is 0 Å². The predicted molar refractivity (Wildman–Crippen MR) is 72.1 cm³/mol. The first-order valence-electron chi connectivity index (χ1n) is 6.28. The molecule has 0 bridgehead atoms. The molecule has 0 aromatic carbocycles. The van der Waals surface area contributed by atoms with Crippen molar-refractivity contribution < 1.29 is 0 Å². The molecule has 1 aromatic heterocycles. The molecule has 0 aliphatic heterocycles. The van der Waals surface area contributed by atoms with Crippen molar-refractivity contribution in [3.63, 3.8) is 0 Å². The van der Waals surface area contributed by atoms with Crippen LogP contribution in [0.4, 0.5) is 0 Å². The fourth-order valence-electron chi connectivity index (χ4n) is 2.13. The Morgan fingerprint density at radius 2 is 2.00 bits per heavy atom. The molecule has 1 N–H and O–H groups in total. The SMILES string of the molecule is CCCC(CC)NC(C)c1nc(C)sc1C. The quantitative estimate of drug-likeness (QED) is 0.813. The van der Waals surface area contributed by atoms with E-state index in [0.29, 0.717) is 12.1 Å². The van der Waals surface area contributed by atoms with Crippen LogP contribution in [0.15, 0.2) is 0 Å². The molecule has 3 heteroatoms. The van der Waals surface area contributed by atoms with Crippen LogP contribution >= 0.6 is 11.3 Å². The first kappa shape index (κ1) is 13.7. The van der Waals surface area contributed by atoms with E-state index in [9.17, 15) is 0 Å². The van der Waals surface area contributed by atoms with Crippen LogP contribution in [-0.4, -0.2) is 11.0 Å². The van der Waals surface area contributed by atoms with Gasteiger partial charge in [-0.3, -0.25) is 0 Å². The largest absolute Gasteiger partial charge is 0.306 e. The minimum atomic E-state index is 0.376. The second-order valence-electron chi connectivity index (χ2n) is 4.46. The summed E-state index contributed by atoms with van der Waals surface area (Å²) in [6.07, 6.45) is 3.69. The number of rotatable bonds is 6. The van der Waals surface area contributed by atoms with Crippen LogP contribution in [0.25, 0.3) is 0 Å². The van der Waals surface area contributed by atoms with Gasteiger partial charge in [0.1, 0.15) is 0 Å². The van der Waals surface area contributed by atoms with Crippen molar-refractivity contribution in [3.8, 4) is 0 Å². The molecular formula is C13H24N2S. The molecule has 92 valence electrons. The lowest BCUT2D eigenvalue weighted by molar-refractivity contribution is 0.412. The molecule has 1 aromatic rings. The average molecular weight is 240 g/mol. The molecule has 1 heterocycles. The lowest BCUT2D eigenvalue weighted by Crippen LogP contribution is -2.31. The third kappa shape index (κ3) is 3.56. The van der Waals surface area contributed by atoms with Crippen LogP contribution in [0.3, 0.4) is 0 Å². The summed E-state index contributed by atoms with van der Waals surface area (Å²) in [7, 11) is 0. The molecule has 0 aliphatic carbocycles. The third-order valence-electron chi connectivity index (χ3n) is 2.97. The summed E-state index contributed by atoms with van der Waals surface area (Å²) in [6.45, 7) is 11.0. The first-order chi connectivity index (χ1) is 7.58. The molecule has 0 aliphatic rings. The summed E-state index contributed by atoms with van der Waals surface area (Å²) in [6, 6.07) is 1.00. The predicted octanol–water partition coefficient (Wildman–Crippen LogP) is 3.99. The summed E-state index contributed by atoms with van der Waals surface area (Å²) >= 11 is 1.79. The summed E-state index contributed by atoms with van der Waals surface area (Å²) in [4.78, 5) is 5.96. The Labute approximate surface area is 103 Å². The van der Waals surface area contributed by atoms with Gasteiger partial charge in [0, 0.05) is 17.0 Å². The molecule has 16 heavy (non-hydrogen) atoms. The topological polar surface area (TPSA) is 24.9 Å². The molecule has 2 atom stereocenters. The van der Waals surface area contributed by atoms with Crippen molar-refractivity contribution in [2.24, 2.45) is 0 Å². The number of hydrogen-bond donors (Lipinski definition) is 1. The van der Waals surface area contributed by atoms with Gasteiger partial charge in [0.25, 0.3) is 0 Å². The number of nitrogens with zero attached hydrogens (tertiary/aromatic N) is 1. The van der Waals surface area contributed by atoms with E-state index in [4.69, 9.17) is 0 Å². The summed E-state index contributed by atoms with van der Waals surface area (Å²) in [5.41, 5.74) is 1.23. The first-order valence-corrected chi connectivity index (χ1v) is 7.10. The van der Waals surface area contributed by atoms with E-state index in [-0.39, 0.29) is 0 Å². The van der Waals surface area contributed by atoms with Crippen molar-refractivity contribution in [2.75, 3.05) is 0 Å². The molecular weight excluding hydrogens is 216 g/mol. The molecule has 0 amide bonds. The van der Waals surface area contributed by atoms with Crippen LogP contribution in [0.1, 0.15) is 61.7 Å². The van der Waals surface area contributed by atoms with Gasteiger partial charge in [-0.1, -0.05) is 20.3 Å². The highest BCUT2D eigenvalue weighted by Crippen LogP contribution is 2.23. The van der Waals surface area contributed by atoms with Gasteiger partial charge >= 0.3 is 0 Å². The lowest BCUT2D eigenvalue weighted by Gasteiger charge is -2.21. The molecule has 0 saturated heterocycles. The minimum Gasteiger partial charge on any atom is -0.306 e. The van der Waals surface area contributed by atoms with Crippen molar-refractivity contribution in [1.29, 1.82) is 0 Å². The zero-order valence-corrected chi connectivity index (χ0v) is 11.9. The Bertz CT molecular complexity index is 320. The van der Waals surface area contributed by atoms with E-state index in [0.717, 1.165) is 0 Å². The van der Waals surface area contributed by atoms with Crippen molar-refractivity contribution in [1.82, 2.24) is 10.3 Å². The van der Waals surface area contributed by atoms with Crippen LogP contribution in [0.2, 0.25) is 0 Å². The van der Waals surface area contributed by atoms with Gasteiger partial charge in [0.05, 0.1) is 10.7 Å². The van der Waals surface area contributed by atoms with E-state index >= 15 is 0 Å². The Morgan fingerprint density at radius 1 is 1.31 bits per heavy atom. The highest BCUT2D eigenvalue weighted by molar-refractivity contribution is 7.11. The van der Waals surface area contributed by atoms with Gasteiger partial charge < -0.3 is 5.32 Å². The Morgan fingerprint density at radius 3 is 2.44 bits per heavy atom. The van der Waals surface area contributed by atoms with Crippen molar-refractivity contribution >= 4 is 11.3 Å². The monoisotopic (exact) mass is 240 g/mol. The van der Waals surface area contributed by atoms with E-state index in [1.54, 1.807) is 11.3 Å². The van der Waals surface area contributed by atoms with Gasteiger partial charge in [-0.2, -0.15) is 0 Å². The van der Waals surface area contributed by atoms with Gasteiger partial charge in [-0.25, -0.2) is 4.98 Å². The lowest BCUT2D eigenvalue weighted by atomic mass is 10.1. The third-order valence-corrected chi connectivity index (χ3v) is 3.87. The van der Waals surface area contributed by atoms with Crippen LogP contribution in [0, 0.1) is 13.8 Å². The molecule has 2 unspecified atom stereocenters. The average Bonchev–Trinajstić information content (AvgIpc) is 2.57. The fraction of sp³-hybridized carbons (Fsp3) is 0.769. The minimum absolute atomic E-state index is 0.376. The van der Waals surface area contributed by atoms with Gasteiger partial charge in [-0.15, -0.1) is 11.3 Å². The Hall–Kier alpha value is -0.410. The Balaban J connectivity index is 2.63. The number of hydrogen-bond acceptors (Lipinski definition) is 3. The summed E-state index contributed by atoms with van der Waals surface area (Å²) in [5, 5.41) is 4.85. The number of nitrogens with one attached hydrogen (secondary N) is 1. The van der Waals surface area contributed by atoms with Crippen LogP contribution < -0.4 is 5.32 Å². The van der Waals surface area contributed by atoms with E-state index in [2.05, 4.69) is 44.9 Å². The zero-order valence-electron chi connectivity index (χ0n) is 11.1. The smallest absolute Gasteiger partial charge is 0.0900 e. The van der Waals surface area contributed by atoms with Crippen molar-refractivity contribution in [2.45, 2.75) is 66.0 Å². The van der Waals surface area contributed by atoms with E-state index in [1.165, 1.54) is 34.8 Å². The second kappa shape index (κ2) is 6.36. The molecule has 2 nitrogen and oxygen atoms in total. The van der Waals surface area contributed by atoms with Gasteiger partial charge in [-0.05, 0) is 33.6 Å². The van der Waals surface area contributed by atoms with E-state index < -0.39 is 0 Å². The maximum absolute atomic E-state index is 4.61. The molecule has 0 spiro atoms. The maximum Gasteiger partial charge on any atom is 0.0900 e. The van der Waals surface area contributed by atoms with Crippen molar-refractivity contribution in [3.05, 3.63) is 15.6 Å². The molecule has 1 rings (SSSR count). The highest BCUT2D eigenvalue weighted by Gasteiger charge is 2.15. The van der Waals surface area contributed by atoms with Crippen LogP contribution in [-0.2, 0) is 0 Å². The normalized spacial score (nSPS) is 15.1. The summed E-state index contributed by atoms with van der Waals surface area (Å²) in [5.74, 6) is 0.